The number of Topliss-reactive ketones (excluding diaryl/α,β-unsaturated/α-hetero) is 1. The predicted octanol–water partition coefficient (Wildman–Crippen LogP) is 3.93. The van der Waals surface area contributed by atoms with Crippen LogP contribution >= 0.6 is 0 Å². The van der Waals surface area contributed by atoms with E-state index in [-0.39, 0.29) is 11.7 Å². The molecule has 0 fully saturated rings. The van der Waals surface area contributed by atoms with E-state index in [9.17, 15) is 9.59 Å². The quantitative estimate of drug-likeness (QED) is 0.633. The van der Waals surface area contributed by atoms with Gasteiger partial charge in [-0.3, -0.25) is 9.59 Å². The van der Waals surface area contributed by atoms with Gasteiger partial charge in [-0.2, -0.15) is 0 Å². The fourth-order valence-electron chi connectivity index (χ4n) is 2.76. The molecule has 24 heavy (non-hydrogen) atoms. The monoisotopic (exact) mass is 321 g/mol. The van der Waals surface area contributed by atoms with Gasteiger partial charge in [-0.1, -0.05) is 42.5 Å². The van der Waals surface area contributed by atoms with Crippen LogP contribution in [-0.4, -0.2) is 18.2 Å². The van der Waals surface area contributed by atoms with Gasteiger partial charge in [0.25, 0.3) is 5.91 Å². The lowest BCUT2D eigenvalue weighted by Gasteiger charge is -2.35. The molecule has 0 N–H and O–H groups in total. The van der Waals surface area contributed by atoms with E-state index in [1.165, 1.54) is 6.92 Å². The molecule has 4 nitrogen and oxygen atoms in total. The Bertz CT molecular complexity index is 811. The lowest BCUT2D eigenvalue weighted by molar-refractivity contribution is -0.126. The molecule has 1 unspecified atom stereocenters. The number of hydrogen-bond donors (Lipinski definition) is 0. The summed E-state index contributed by atoms with van der Waals surface area (Å²) in [7, 11) is 0. The fourth-order valence-corrected chi connectivity index (χ4v) is 2.76. The first kappa shape index (κ1) is 16.0. The highest BCUT2D eigenvalue weighted by Gasteiger charge is 2.35. The molecule has 0 spiro atoms. The Morgan fingerprint density at radius 1 is 1.17 bits per heavy atom. The summed E-state index contributed by atoms with van der Waals surface area (Å²) in [6.07, 6.45) is -0.693. The predicted molar refractivity (Wildman–Crippen MR) is 93.4 cm³/mol. The van der Waals surface area contributed by atoms with Crippen molar-refractivity contribution in [3.05, 3.63) is 71.8 Å². The number of amides is 1. The molecule has 2 aromatic rings. The molecule has 1 atom stereocenters. The van der Waals surface area contributed by atoms with E-state index in [4.69, 9.17) is 4.74 Å². The molecular formula is C20H19NO3. The smallest absolute Gasteiger partial charge is 0.273 e. The number of benzene rings is 2. The third-order valence-corrected chi connectivity index (χ3v) is 3.92. The zero-order chi connectivity index (χ0) is 17.3. The summed E-state index contributed by atoms with van der Waals surface area (Å²) in [5.41, 5.74) is 2.82. The molecule has 122 valence electrons. The summed E-state index contributed by atoms with van der Waals surface area (Å²) in [5.74, 6) is 0.387. The molecule has 1 amide bonds. The first-order valence-corrected chi connectivity index (χ1v) is 7.79. The van der Waals surface area contributed by atoms with Crippen LogP contribution in [0, 0.1) is 0 Å². The van der Waals surface area contributed by atoms with Gasteiger partial charge in [0.15, 0.2) is 5.78 Å². The molecule has 2 aromatic carbocycles. The lowest BCUT2D eigenvalue weighted by atomic mass is 10.0. The minimum absolute atomic E-state index is 0.0503. The number of hydrogen-bond acceptors (Lipinski definition) is 3. The van der Waals surface area contributed by atoms with Crippen LogP contribution in [-0.2, 0) is 4.79 Å². The second kappa shape index (κ2) is 6.32. The highest BCUT2D eigenvalue weighted by atomic mass is 16.5. The highest BCUT2D eigenvalue weighted by Crippen LogP contribution is 2.39. The number of carbonyl (C=O) groups is 2. The molecular weight excluding hydrogens is 302 g/mol. The third kappa shape index (κ3) is 2.95. The normalized spacial score (nSPS) is 16.3. The van der Waals surface area contributed by atoms with Gasteiger partial charge in [-0.15, -0.1) is 0 Å². The molecule has 0 bridgehead atoms. The van der Waals surface area contributed by atoms with Crippen LogP contribution in [0.4, 0.5) is 5.69 Å². The Labute approximate surface area is 141 Å². The average Bonchev–Trinajstić information content (AvgIpc) is 2.57. The topological polar surface area (TPSA) is 46.6 Å². The van der Waals surface area contributed by atoms with Gasteiger partial charge in [-0.25, -0.2) is 0 Å². The van der Waals surface area contributed by atoms with Crippen molar-refractivity contribution in [3.8, 4) is 5.75 Å². The molecule has 1 heterocycles. The highest BCUT2D eigenvalue weighted by molar-refractivity contribution is 6.03. The number of fused-ring (bicyclic) bond motifs is 1. The number of ketones is 1. The van der Waals surface area contributed by atoms with Gasteiger partial charge in [0.2, 0.25) is 6.10 Å². The molecule has 3 rings (SSSR count). The maximum Gasteiger partial charge on any atom is 0.273 e. The van der Waals surface area contributed by atoms with Gasteiger partial charge in [-0.05, 0) is 32.0 Å². The summed E-state index contributed by atoms with van der Waals surface area (Å²) in [6, 6.07) is 14.6. The van der Waals surface area contributed by atoms with E-state index in [0.29, 0.717) is 23.5 Å². The van der Waals surface area contributed by atoms with Crippen molar-refractivity contribution in [2.24, 2.45) is 0 Å². The van der Waals surface area contributed by atoms with Crippen LogP contribution in [0.3, 0.4) is 0 Å². The minimum atomic E-state index is -0.693. The van der Waals surface area contributed by atoms with Crippen molar-refractivity contribution >= 4 is 17.4 Å². The van der Waals surface area contributed by atoms with E-state index in [0.717, 1.165) is 11.1 Å². The summed E-state index contributed by atoms with van der Waals surface area (Å²) in [5, 5.41) is 0. The van der Waals surface area contributed by atoms with Crippen molar-refractivity contribution in [1.29, 1.82) is 0 Å². The average molecular weight is 321 g/mol. The lowest BCUT2D eigenvalue weighted by Crippen LogP contribution is -2.42. The summed E-state index contributed by atoms with van der Waals surface area (Å²) in [6.45, 7) is 7.67. The molecule has 0 aliphatic carbocycles. The van der Waals surface area contributed by atoms with Gasteiger partial charge >= 0.3 is 0 Å². The number of ether oxygens (including phenoxy) is 1. The van der Waals surface area contributed by atoms with E-state index in [1.54, 1.807) is 23.1 Å². The van der Waals surface area contributed by atoms with Crippen LogP contribution in [0.15, 0.2) is 60.7 Å². The van der Waals surface area contributed by atoms with Gasteiger partial charge in [0, 0.05) is 17.7 Å². The largest absolute Gasteiger partial charge is 0.474 e. The Balaban J connectivity index is 2.08. The van der Waals surface area contributed by atoms with Crippen molar-refractivity contribution < 1.29 is 14.3 Å². The minimum Gasteiger partial charge on any atom is -0.474 e. The van der Waals surface area contributed by atoms with Crippen LogP contribution in [0.5, 0.6) is 5.75 Å². The Kier molecular flexibility index (Phi) is 4.21. The zero-order valence-corrected chi connectivity index (χ0v) is 13.8. The van der Waals surface area contributed by atoms with E-state index >= 15 is 0 Å². The standard InChI is InChI=1S/C20H19NO3/c1-13(2)12-21-17-11-16(14(3)22)9-10-18(17)24-19(20(21)23)15-7-5-4-6-8-15/h4-11,19H,1,12H2,2-3H3. The summed E-state index contributed by atoms with van der Waals surface area (Å²) in [4.78, 5) is 26.3. The molecule has 0 aromatic heterocycles. The van der Waals surface area contributed by atoms with Crippen molar-refractivity contribution in [1.82, 2.24) is 0 Å². The maximum atomic E-state index is 13.0. The second-order valence-electron chi connectivity index (χ2n) is 6.03. The van der Waals surface area contributed by atoms with Gasteiger partial charge in [0.05, 0.1) is 5.69 Å². The van der Waals surface area contributed by atoms with Crippen LogP contribution in [0.1, 0.15) is 35.9 Å². The molecule has 0 radical (unpaired) electrons. The Hall–Kier alpha value is -2.88. The number of carbonyl (C=O) groups excluding carboxylic acids is 2. The summed E-state index contributed by atoms with van der Waals surface area (Å²) >= 11 is 0. The Morgan fingerprint density at radius 2 is 1.88 bits per heavy atom. The van der Waals surface area contributed by atoms with Crippen molar-refractivity contribution in [2.45, 2.75) is 20.0 Å². The van der Waals surface area contributed by atoms with E-state index < -0.39 is 6.10 Å². The van der Waals surface area contributed by atoms with Gasteiger partial charge in [0.1, 0.15) is 5.75 Å². The van der Waals surface area contributed by atoms with E-state index in [2.05, 4.69) is 6.58 Å². The number of anilines is 1. The zero-order valence-electron chi connectivity index (χ0n) is 13.8. The third-order valence-electron chi connectivity index (χ3n) is 3.92. The second-order valence-corrected chi connectivity index (χ2v) is 6.03. The van der Waals surface area contributed by atoms with Crippen LogP contribution < -0.4 is 9.64 Å². The molecule has 0 saturated carbocycles. The fraction of sp³-hybridized carbons (Fsp3) is 0.200. The molecule has 1 aliphatic heterocycles. The molecule has 1 aliphatic rings. The van der Waals surface area contributed by atoms with Crippen molar-refractivity contribution in [3.63, 3.8) is 0 Å². The van der Waals surface area contributed by atoms with E-state index in [1.807, 2.05) is 37.3 Å². The summed E-state index contributed by atoms with van der Waals surface area (Å²) < 4.78 is 5.94. The van der Waals surface area contributed by atoms with Crippen LogP contribution in [0.25, 0.3) is 0 Å². The molecule has 0 saturated heterocycles. The first-order valence-electron chi connectivity index (χ1n) is 7.79. The molecule has 4 heteroatoms. The van der Waals surface area contributed by atoms with Crippen molar-refractivity contribution in [2.75, 3.05) is 11.4 Å². The Morgan fingerprint density at radius 3 is 2.50 bits per heavy atom. The SMILES string of the molecule is C=C(C)CN1C(=O)C(c2ccccc2)Oc2ccc(C(C)=O)cc21. The number of nitrogens with zero attached hydrogens (tertiary/aromatic N) is 1. The van der Waals surface area contributed by atoms with Crippen LogP contribution in [0.2, 0.25) is 0 Å². The first-order chi connectivity index (χ1) is 11.5. The maximum absolute atomic E-state index is 13.0. The number of rotatable bonds is 4. The van der Waals surface area contributed by atoms with Gasteiger partial charge < -0.3 is 9.64 Å².